The Balaban J connectivity index is 1.37. The number of nitro benzene ring substituents is 1. The molecule has 5 rings (SSSR count). The van der Waals surface area contributed by atoms with E-state index in [1.165, 1.54) is 46.7 Å². The predicted octanol–water partition coefficient (Wildman–Crippen LogP) is 5.90. The summed E-state index contributed by atoms with van der Waals surface area (Å²) < 4.78 is 33.4. The molecule has 0 saturated carbocycles. The smallest absolute Gasteiger partial charge is 0.270 e. The van der Waals surface area contributed by atoms with Gasteiger partial charge >= 0.3 is 0 Å². The Hall–Kier alpha value is -4.53. The van der Waals surface area contributed by atoms with Gasteiger partial charge in [-0.15, -0.1) is 17.9 Å². The molecule has 40 heavy (non-hydrogen) atoms. The van der Waals surface area contributed by atoms with Gasteiger partial charge in [-0.1, -0.05) is 18.2 Å². The number of nitro groups is 1. The summed E-state index contributed by atoms with van der Waals surface area (Å²) in [7, 11) is -3.81. The molecule has 1 aliphatic rings. The minimum absolute atomic E-state index is 0.0442. The third-order valence-electron chi connectivity index (χ3n) is 5.47. The van der Waals surface area contributed by atoms with Crippen molar-refractivity contribution in [2.45, 2.75) is 4.90 Å². The maximum Gasteiger partial charge on any atom is 0.270 e. The zero-order chi connectivity index (χ0) is 28.3. The van der Waals surface area contributed by atoms with Gasteiger partial charge in [-0.3, -0.25) is 24.5 Å². The summed E-state index contributed by atoms with van der Waals surface area (Å²) in [5.74, 6) is 0.505. The van der Waals surface area contributed by atoms with E-state index in [-0.39, 0.29) is 28.2 Å². The number of anilines is 1. The van der Waals surface area contributed by atoms with Crippen LogP contribution in [0.2, 0.25) is 0 Å². The SMILES string of the molecule is C=CCN1C(=O)/C(=C/c2ccc(-c3cccc([N+](=O)[O-])c3)o2)SC1=Nc1ccc(S(=O)(=O)Nc2nccs2)cc1. The van der Waals surface area contributed by atoms with E-state index in [0.29, 0.717) is 32.8 Å². The molecule has 11 nitrogen and oxygen atoms in total. The highest BCUT2D eigenvalue weighted by Gasteiger charge is 2.33. The van der Waals surface area contributed by atoms with Crippen molar-refractivity contribution in [2.75, 3.05) is 11.3 Å². The number of aromatic nitrogens is 1. The second-order valence-electron chi connectivity index (χ2n) is 8.16. The number of amides is 1. The number of non-ortho nitro benzene ring substituents is 1. The Kier molecular flexibility index (Phi) is 7.64. The van der Waals surface area contributed by atoms with Gasteiger partial charge in [-0.05, 0) is 48.2 Å². The maximum atomic E-state index is 13.1. The van der Waals surface area contributed by atoms with Gasteiger partial charge in [0.1, 0.15) is 11.5 Å². The Morgan fingerprint density at radius 2 is 1.98 bits per heavy atom. The van der Waals surface area contributed by atoms with E-state index in [2.05, 4.69) is 21.3 Å². The number of thioether (sulfide) groups is 1. The van der Waals surface area contributed by atoms with Crippen molar-refractivity contribution in [1.82, 2.24) is 9.88 Å². The molecule has 14 heteroatoms. The molecule has 2 aromatic carbocycles. The highest BCUT2D eigenvalue weighted by Crippen LogP contribution is 2.35. The summed E-state index contributed by atoms with van der Waals surface area (Å²) in [4.78, 5) is 34.1. The Bertz CT molecular complexity index is 1760. The minimum Gasteiger partial charge on any atom is -0.457 e. The zero-order valence-electron chi connectivity index (χ0n) is 20.5. The van der Waals surface area contributed by atoms with Gasteiger partial charge in [-0.2, -0.15) is 0 Å². The topological polar surface area (TPSA) is 148 Å². The number of amidine groups is 1. The molecule has 0 spiro atoms. The van der Waals surface area contributed by atoms with Crippen LogP contribution >= 0.6 is 23.1 Å². The zero-order valence-corrected chi connectivity index (χ0v) is 22.9. The molecule has 1 saturated heterocycles. The van der Waals surface area contributed by atoms with Crippen LogP contribution in [-0.2, 0) is 14.8 Å². The first-order valence-corrected chi connectivity index (χ1v) is 14.7. The summed E-state index contributed by atoms with van der Waals surface area (Å²) in [5.41, 5.74) is 0.925. The van der Waals surface area contributed by atoms with E-state index < -0.39 is 14.9 Å². The third kappa shape index (κ3) is 5.88. The van der Waals surface area contributed by atoms with Crippen LogP contribution in [0.1, 0.15) is 5.76 Å². The monoisotopic (exact) mass is 593 g/mol. The molecule has 1 fully saturated rings. The standard InChI is InChI=1S/C26H19N5O6S3/c1-2-13-30-24(32)23(16-20-8-11-22(37-20)17-4-3-5-19(15-17)31(33)34)39-26(30)28-18-6-9-21(10-7-18)40(35,36)29-25-27-12-14-38-25/h2-12,14-16H,1,13H2,(H,27,29)/b23-16-,28-26?. The second-order valence-corrected chi connectivity index (χ2v) is 11.7. The van der Waals surface area contributed by atoms with Crippen molar-refractivity contribution in [2.24, 2.45) is 4.99 Å². The number of sulfonamides is 1. The first-order chi connectivity index (χ1) is 19.2. The van der Waals surface area contributed by atoms with E-state index >= 15 is 0 Å². The normalized spacial score (nSPS) is 15.6. The highest BCUT2D eigenvalue weighted by molar-refractivity contribution is 8.18. The number of hydrogen-bond acceptors (Lipinski definition) is 10. The van der Waals surface area contributed by atoms with Crippen LogP contribution in [-0.4, -0.2) is 40.8 Å². The average molecular weight is 594 g/mol. The van der Waals surface area contributed by atoms with Crippen LogP contribution < -0.4 is 4.72 Å². The molecule has 0 bridgehead atoms. The maximum absolute atomic E-state index is 13.1. The largest absolute Gasteiger partial charge is 0.457 e. The summed E-state index contributed by atoms with van der Waals surface area (Å²) >= 11 is 2.30. The van der Waals surface area contributed by atoms with Gasteiger partial charge in [0.2, 0.25) is 0 Å². The summed E-state index contributed by atoms with van der Waals surface area (Å²) in [6.45, 7) is 3.92. The van der Waals surface area contributed by atoms with Gasteiger partial charge in [-0.25, -0.2) is 18.4 Å². The molecular weight excluding hydrogens is 575 g/mol. The summed E-state index contributed by atoms with van der Waals surface area (Å²) in [5, 5.41) is 13.4. The number of carbonyl (C=O) groups is 1. The van der Waals surface area contributed by atoms with E-state index in [1.54, 1.807) is 53.9 Å². The molecule has 1 amide bonds. The van der Waals surface area contributed by atoms with E-state index in [9.17, 15) is 23.3 Å². The van der Waals surface area contributed by atoms with E-state index in [0.717, 1.165) is 11.8 Å². The van der Waals surface area contributed by atoms with Gasteiger partial charge in [0.05, 0.1) is 20.4 Å². The van der Waals surface area contributed by atoms with Gasteiger partial charge < -0.3 is 4.42 Å². The lowest BCUT2D eigenvalue weighted by Crippen LogP contribution is -2.29. The number of thiazole rings is 1. The lowest BCUT2D eigenvalue weighted by Gasteiger charge is -2.12. The fraction of sp³-hybridized carbons (Fsp3) is 0.0385. The second kappa shape index (κ2) is 11.3. The van der Waals surface area contributed by atoms with Crippen molar-refractivity contribution < 1.29 is 22.6 Å². The van der Waals surface area contributed by atoms with Gasteiger partial charge in [0.25, 0.3) is 21.6 Å². The Morgan fingerprint density at radius 1 is 1.18 bits per heavy atom. The Morgan fingerprint density at radius 3 is 2.67 bits per heavy atom. The van der Waals surface area contributed by atoms with Crippen molar-refractivity contribution in [1.29, 1.82) is 0 Å². The molecule has 202 valence electrons. The molecular formula is C26H19N5O6S3. The number of benzene rings is 2. The summed E-state index contributed by atoms with van der Waals surface area (Å²) in [6, 6.07) is 15.3. The number of furan rings is 1. The fourth-order valence-electron chi connectivity index (χ4n) is 3.63. The lowest BCUT2D eigenvalue weighted by atomic mass is 10.1. The van der Waals surface area contributed by atoms with Gasteiger partial charge in [0.15, 0.2) is 10.3 Å². The molecule has 1 aliphatic heterocycles. The van der Waals surface area contributed by atoms with Crippen molar-refractivity contribution in [3.63, 3.8) is 0 Å². The predicted molar refractivity (Wildman–Crippen MR) is 155 cm³/mol. The summed E-state index contributed by atoms with van der Waals surface area (Å²) in [6.07, 6.45) is 4.65. The first kappa shape index (κ1) is 27.1. The molecule has 0 radical (unpaired) electrons. The quantitative estimate of drug-likeness (QED) is 0.109. The molecule has 0 aliphatic carbocycles. The molecule has 1 N–H and O–H groups in total. The van der Waals surface area contributed by atoms with Crippen LogP contribution in [0, 0.1) is 10.1 Å². The molecule has 3 heterocycles. The van der Waals surface area contributed by atoms with Gasteiger partial charge in [0, 0.05) is 41.9 Å². The number of rotatable bonds is 9. The lowest BCUT2D eigenvalue weighted by molar-refractivity contribution is -0.384. The molecule has 0 unspecified atom stereocenters. The van der Waals surface area contributed by atoms with Crippen LogP contribution in [0.25, 0.3) is 17.4 Å². The molecule has 4 aromatic rings. The molecule has 0 atom stereocenters. The third-order valence-corrected chi connectivity index (χ3v) is 8.65. The van der Waals surface area contributed by atoms with Crippen LogP contribution in [0.5, 0.6) is 0 Å². The van der Waals surface area contributed by atoms with Crippen molar-refractivity contribution >= 4 is 66.8 Å². The van der Waals surface area contributed by atoms with E-state index in [4.69, 9.17) is 4.42 Å². The van der Waals surface area contributed by atoms with Crippen molar-refractivity contribution in [3.8, 4) is 11.3 Å². The Labute approximate surface area is 236 Å². The number of carbonyl (C=O) groups excluding carboxylic acids is 1. The number of nitrogens with one attached hydrogen (secondary N) is 1. The van der Waals surface area contributed by atoms with Crippen LogP contribution in [0.3, 0.4) is 0 Å². The highest BCUT2D eigenvalue weighted by atomic mass is 32.2. The van der Waals surface area contributed by atoms with Crippen LogP contribution in [0.4, 0.5) is 16.5 Å². The first-order valence-electron chi connectivity index (χ1n) is 11.5. The van der Waals surface area contributed by atoms with Crippen molar-refractivity contribution in [3.05, 3.63) is 106 Å². The number of nitrogens with zero attached hydrogens (tertiary/aromatic N) is 4. The minimum atomic E-state index is -3.81. The molecule has 2 aromatic heterocycles. The van der Waals surface area contributed by atoms with E-state index in [1.807, 2.05) is 0 Å². The number of aliphatic imine (C=N–C) groups is 1. The fourth-order valence-corrected chi connectivity index (χ4v) is 6.40. The number of hydrogen-bond donors (Lipinski definition) is 1. The van der Waals surface area contributed by atoms with Crippen LogP contribution in [0.15, 0.2) is 104 Å². The average Bonchev–Trinajstić information content (AvgIpc) is 3.68.